The maximum Gasteiger partial charge on any atom is 0.131 e. The van der Waals surface area contributed by atoms with Gasteiger partial charge in [0.2, 0.25) is 0 Å². The summed E-state index contributed by atoms with van der Waals surface area (Å²) in [6, 6.07) is 5.26. The van der Waals surface area contributed by atoms with Crippen molar-refractivity contribution >= 4 is 24.8 Å². The highest BCUT2D eigenvalue weighted by molar-refractivity contribution is 5.85. The molecule has 1 saturated heterocycles. The van der Waals surface area contributed by atoms with Crippen LogP contribution in [0.25, 0.3) is 0 Å². The molecular formula is C15H23Cl2N3O3. The van der Waals surface area contributed by atoms with E-state index in [9.17, 15) is 10.4 Å². The molecule has 2 rings (SSSR count). The molecule has 1 aromatic rings. The molecule has 1 aliphatic heterocycles. The number of piperazine rings is 1. The maximum atomic E-state index is 9.75. The van der Waals surface area contributed by atoms with Crippen molar-refractivity contribution < 1.29 is 14.6 Å². The summed E-state index contributed by atoms with van der Waals surface area (Å²) in [4.78, 5) is 2.25. The summed E-state index contributed by atoms with van der Waals surface area (Å²) >= 11 is 0. The first-order valence-electron chi connectivity index (χ1n) is 6.97. The maximum absolute atomic E-state index is 9.75. The number of phenolic OH excluding ortho intramolecular Hbond substituents is 1. The normalized spacial score (nSPS) is 15.5. The molecule has 0 saturated carbocycles. The summed E-state index contributed by atoms with van der Waals surface area (Å²) < 4.78 is 10.8. The molecule has 1 heterocycles. The van der Waals surface area contributed by atoms with Crippen LogP contribution in [-0.2, 0) is 0 Å². The smallest absolute Gasteiger partial charge is 0.131 e. The van der Waals surface area contributed by atoms with Gasteiger partial charge in [-0.3, -0.25) is 4.90 Å². The highest BCUT2D eigenvalue weighted by Gasteiger charge is 2.28. The third-order valence-corrected chi connectivity index (χ3v) is 3.74. The van der Waals surface area contributed by atoms with E-state index in [1.165, 1.54) is 0 Å². The second-order valence-corrected chi connectivity index (χ2v) is 4.93. The zero-order chi connectivity index (χ0) is 15.2. The van der Waals surface area contributed by atoms with Crippen molar-refractivity contribution in [2.75, 3.05) is 40.4 Å². The molecule has 6 nitrogen and oxygen atoms in total. The Balaban J connectivity index is 0.00000242. The van der Waals surface area contributed by atoms with Gasteiger partial charge >= 0.3 is 0 Å². The van der Waals surface area contributed by atoms with E-state index < -0.39 is 0 Å². The molecular weight excluding hydrogens is 341 g/mol. The number of nitrogens with one attached hydrogen (secondary N) is 1. The van der Waals surface area contributed by atoms with Crippen LogP contribution in [0.5, 0.6) is 17.2 Å². The molecule has 0 radical (unpaired) electrons. The lowest BCUT2D eigenvalue weighted by atomic mass is 9.99. The number of nitrogens with zero attached hydrogens (tertiary/aromatic N) is 2. The van der Waals surface area contributed by atoms with E-state index in [-0.39, 0.29) is 36.6 Å². The summed E-state index contributed by atoms with van der Waals surface area (Å²) in [6.07, 6.45) is 0.345. The van der Waals surface area contributed by atoms with Gasteiger partial charge in [0.25, 0.3) is 0 Å². The van der Waals surface area contributed by atoms with Gasteiger partial charge in [0.05, 0.1) is 38.3 Å². The molecule has 0 aromatic heterocycles. The van der Waals surface area contributed by atoms with E-state index in [4.69, 9.17) is 9.47 Å². The fourth-order valence-corrected chi connectivity index (χ4v) is 2.75. The molecule has 0 aliphatic carbocycles. The third-order valence-electron chi connectivity index (χ3n) is 3.74. The van der Waals surface area contributed by atoms with Gasteiger partial charge in [0.1, 0.15) is 17.2 Å². The molecule has 1 aliphatic rings. The Morgan fingerprint density at radius 1 is 1.22 bits per heavy atom. The molecule has 1 atom stereocenters. The van der Waals surface area contributed by atoms with E-state index in [2.05, 4.69) is 16.3 Å². The van der Waals surface area contributed by atoms with E-state index in [1.807, 2.05) is 0 Å². The van der Waals surface area contributed by atoms with Gasteiger partial charge < -0.3 is 19.9 Å². The number of hydrogen-bond donors (Lipinski definition) is 2. The first-order valence-corrected chi connectivity index (χ1v) is 6.97. The van der Waals surface area contributed by atoms with Crippen molar-refractivity contribution in [3.05, 3.63) is 17.7 Å². The highest BCUT2D eigenvalue weighted by atomic mass is 35.5. The zero-order valence-corrected chi connectivity index (χ0v) is 14.9. The van der Waals surface area contributed by atoms with E-state index in [1.54, 1.807) is 26.4 Å². The standard InChI is InChI=1S/C15H21N3O3.2ClH/c1-20-13-9-11(19)10-14(21-2)15(13)12(3-4-16)18-7-5-17-6-8-18;;/h9-10,12,17,19H,3,5-8H2,1-2H3;2*1H/t12-;;/m1../s1. The Morgan fingerprint density at radius 3 is 2.17 bits per heavy atom. The average molecular weight is 364 g/mol. The zero-order valence-electron chi connectivity index (χ0n) is 13.2. The summed E-state index contributed by atoms with van der Waals surface area (Å²) in [6.45, 7) is 3.51. The molecule has 0 bridgehead atoms. The topological polar surface area (TPSA) is 77.8 Å². The van der Waals surface area contributed by atoms with Gasteiger partial charge in [-0.15, -0.1) is 24.8 Å². The van der Waals surface area contributed by atoms with Gasteiger partial charge in [-0.05, 0) is 0 Å². The minimum Gasteiger partial charge on any atom is -0.508 e. The highest BCUT2D eigenvalue weighted by Crippen LogP contribution is 2.41. The van der Waals surface area contributed by atoms with Crippen LogP contribution in [0.3, 0.4) is 0 Å². The van der Waals surface area contributed by atoms with Crippen molar-refractivity contribution in [2.24, 2.45) is 0 Å². The fourth-order valence-electron chi connectivity index (χ4n) is 2.75. The molecule has 2 N–H and O–H groups in total. The van der Waals surface area contributed by atoms with Gasteiger partial charge in [0.15, 0.2) is 0 Å². The Morgan fingerprint density at radius 2 is 1.74 bits per heavy atom. The Labute approximate surface area is 149 Å². The number of methoxy groups -OCH3 is 2. The van der Waals surface area contributed by atoms with Crippen LogP contribution in [0.15, 0.2) is 12.1 Å². The number of rotatable bonds is 5. The van der Waals surface area contributed by atoms with Crippen LogP contribution in [-0.4, -0.2) is 50.4 Å². The van der Waals surface area contributed by atoms with Crippen LogP contribution < -0.4 is 14.8 Å². The number of nitriles is 1. The van der Waals surface area contributed by atoms with Crippen molar-refractivity contribution in [1.82, 2.24) is 10.2 Å². The average Bonchev–Trinajstić information content (AvgIpc) is 2.53. The summed E-state index contributed by atoms with van der Waals surface area (Å²) in [5.41, 5.74) is 0.821. The van der Waals surface area contributed by atoms with E-state index in [0.717, 1.165) is 31.7 Å². The number of ether oxygens (including phenoxy) is 2. The first-order chi connectivity index (χ1) is 10.2. The predicted octanol–water partition coefficient (Wildman–Crippen LogP) is 2.11. The molecule has 0 amide bonds. The molecule has 23 heavy (non-hydrogen) atoms. The van der Waals surface area contributed by atoms with E-state index >= 15 is 0 Å². The number of benzene rings is 1. The lowest BCUT2D eigenvalue weighted by molar-refractivity contribution is 0.169. The van der Waals surface area contributed by atoms with Gasteiger partial charge in [0, 0.05) is 38.3 Å². The van der Waals surface area contributed by atoms with Crippen molar-refractivity contribution in [3.63, 3.8) is 0 Å². The molecule has 0 spiro atoms. The Bertz CT molecular complexity index is 506. The van der Waals surface area contributed by atoms with Crippen molar-refractivity contribution in [3.8, 4) is 23.3 Å². The van der Waals surface area contributed by atoms with Crippen molar-refractivity contribution in [2.45, 2.75) is 12.5 Å². The number of phenols is 1. The minimum atomic E-state index is -0.109. The second kappa shape index (κ2) is 10.4. The summed E-state index contributed by atoms with van der Waals surface area (Å²) in [7, 11) is 3.11. The fraction of sp³-hybridized carbons (Fsp3) is 0.533. The Hall–Kier alpha value is -1.39. The molecule has 1 aromatic carbocycles. The number of hydrogen-bond acceptors (Lipinski definition) is 6. The van der Waals surface area contributed by atoms with Crippen LogP contribution >= 0.6 is 24.8 Å². The van der Waals surface area contributed by atoms with Crippen LogP contribution in [0, 0.1) is 11.3 Å². The van der Waals surface area contributed by atoms with Crippen LogP contribution in [0.2, 0.25) is 0 Å². The second-order valence-electron chi connectivity index (χ2n) is 4.93. The SMILES string of the molecule is COc1cc(O)cc(OC)c1[C@@H](CC#N)N1CCNCC1.Cl.Cl. The first kappa shape index (κ1) is 21.6. The van der Waals surface area contributed by atoms with Gasteiger partial charge in [-0.1, -0.05) is 0 Å². The Kier molecular flexibility index (Phi) is 9.77. The van der Waals surface area contributed by atoms with Gasteiger partial charge in [-0.2, -0.15) is 5.26 Å². The lowest BCUT2D eigenvalue weighted by Crippen LogP contribution is -2.45. The summed E-state index contributed by atoms with van der Waals surface area (Å²) in [5.74, 6) is 1.18. The third kappa shape index (κ3) is 5.05. The largest absolute Gasteiger partial charge is 0.508 e. The number of halogens is 2. The molecule has 130 valence electrons. The molecule has 0 unspecified atom stereocenters. The van der Waals surface area contributed by atoms with E-state index in [0.29, 0.717) is 17.9 Å². The minimum absolute atomic E-state index is 0. The van der Waals surface area contributed by atoms with Crippen molar-refractivity contribution in [1.29, 1.82) is 5.26 Å². The molecule has 8 heteroatoms. The predicted molar refractivity (Wildman–Crippen MR) is 93.1 cm³/mol. The monoisotopic (exact) mass is 363 g/mol. The quantitative estimate of drug-likeness (QED) is 0.833. The van der Waals surface area contributed by atoms with Crippen LogP contribution in [0.4, 0.5) is 0 Å². The van der Waals surface area contributed by atoms with Crippen LogP contribution in [0.1, 0.15) is 18.0 Å². The van der Waals surface area contributed by atoms with Gasteiger partial charge in [-0.25, -0.2) is 0 Å². The lowest BCUT2D eigenvalue weighted by Gasteiger charge is -2.35. The number of aromatic hydroxyl groups is 1. The molecule has 1 fully saturated rings. The summed E-state index contributed by atoms with van der Waals surface area (Å²) in [5, 5.41) is 22.2.